The van der Waals surface area contributed by atoms with E-state index in [1.54, 1.807) is 0 Å². The SMILES string of the molecule is Cc1nn(C2CCCCCC2)c(N)c1C#N. The number of rotatable bonds is 1. The van der Waals surface area contributed by atoms with E-state index in [2.05, 4.69) is 11.2 Å². The molecule has 0 radical (unpaired) electrons. The second-order valence-corrected chi connectivity index (χ2v) is 4.55. The highest BCUT2D eigenvalue weighted by Gasteiger charge is 2.20. The Hall–Kier alpha value is -1.50. The van der Waals surface area contributed by atoms with E-state index in [1.165, 1.54) is 25.7 Å². The standard InChI is InChI=1S/C12H18N4/c1-9-11(8-13)12(14)16(15-9)10-6-4-2-3-5-7-10/h10H,2-7,14H2,1H3. The van der Waals surface area contributed by atoms with Gasteiger partial charge in [-0.2, -0.15) is 10.4 Å². The lowest BCUT2D eigenvalue weighted by Crippen LogP contribution is -2.13. The maximum atomic E-state index is 8.98. The van der Waals surface area contributed by atoms with E-state index in [0.29, 0.717) is 17.4 Å². The molecule has 16 heavy (non-hydrogen) atoms. The second kappa shape index (κ2) is 4.56. The van der Waals surface area contributed by atoms with Gasteiger partial charge in [-0.25, -0.2) is 4.68 Å². The van der Waals surface area contributed by atoms with E-state index in [0.717, 1.165) is 18.5 Å². The van der Waals surface area contributed by atoms with Crippen LogP contribution in [0.2, 0.25) is 0 Å². The predicted molar refractivity (Wildman–Crippen MR) is 62.8 cm³/mol. The highest BCUT2D eigenvalue weighted by Crippen LogP contribution is 2.30. The van der Waals surface area contributed by atoms with Crippen LogP contribution in [0.25, 0.3) is 0 Å². The van der Waals surface area contributed by atoms with Crippen LogP contribution in [0.4, 0.5) is 5.82 Å². The van der Waals surface area contributed by atoms with E-state index >= 15 is 0 Å². The van der Waals surface area contributed by atoms with Gasteiger partial charge in [0.1, 0.15) is 17.5 Å². The van der Waals surface area contributed by atoms with Crippen molar-refractivity contribution in [2.45, 2.75) is 51.5 Å². The van der Waals surface area contributed by atoms with Gasteiger partial charge < -0.3 is 5.73 Å². The molecule has 1 aliphatic carbocycles. The predicted octanol–water partition coefficient (Wildman–Crippen LogP) is 2.54. The van der Waals surface area contributed by atoms with Crippen molar-refractivity contribution in [3.8, 4) is 6.07 Å². The van der Waals surface area contributed by atoms with Crippen molar-refractivity contribution in [2.24, 2.45) is 0 Å². The van der Waals surface area contributed by atoms with Gasteiger partial charge in [-0.3, -0.25) is 0 Å². The maximum absolute atomic E-state index is 8.98. The van der Waals surface area contributed by atoms with Crippen molar-refractivity contribution in [1.82, 2.24) is 9.78 Å². The minimum absolute atomic E-state index is 0.392. The lowest BCUT2D eigenvalue weighted by atomic mass is 10.1. The van der Waals surface area contributed by atoms with Crippen LogP contribution < -0.4 is 5.73 Å². The molecule has 0 bridgehead atoms. The molecule has 1 aromatic heterocycles. The first kappa shape index (κ1) is 11.0. The molecule has 0 spiro atoms. The van der Waals surface area contributed by atoms with E-state index < -0.39 is 0 Å². The summed E-state index contributed by atoms with van der Waals surface area (Å²) < 4.78 is 1.87. The zero-order valence-electron chi connectivity index (χ0n) is 9.74. The molecule has 0 atom stereocenters. The normalized spacial score (nSPS) is 18.0. The average Bonchev–Trinajstić information content (AvgIpc) is 2.49. The van der Waals surface area contributed by atoms with Gasteiger partial charge in [0.25, 0.3) is 0 Å². The summed E-state index contributed by atoms with van der Waals surface area (Å²) in [6.45, 7) is 1.85. The molecule has 1 saturated carbocycles. The lowest BCUT2D eigenvalue weighted by molar-refractivity contribution is 0.409. The fraction of sp³-hybridized carbons (Fsp3) is 0.667. The summed E-state index contributed by atoms with van der Waals surface area (Å²) in [5.41, 5.74) is 7.27. The number of aromatic nitrogens is 2. The Morgan fingerprint density at radius 3 is 2.44 bits per heavy atom. The van der Waals surface area contributed by atoms with Crippen LogP contribution in [0.1, 0.15) is 55.8 Å². The molecular formula is C12H18N4. The number of aryl methyl sites for hydroxylation is 1. The quantitative estimate of drug-likeness (QED) is 0.736. The summed E-state index contributed by atoms with van der Waals surface area (Å²) in [5.74, 6) is 0.548. The van der Waals surface area contributed by atoms with Gasteiger partial charge in [0.2, 0.25) is 0 Å². The van der Waals surface area contributed by atoms with E-state index in [9.17, 15) is 0 Å². The summed E-state index contributed by atoms with van der Waals surface area (Å²) in [7, 11) is 0. The van der Waals surface area contributed by atoms with Crippen molar-refractivity contribution in [3.05, 3.63) is 11.3 Å². The van der Waals surface area contributed by atoms with Crippen LogP contribution in [0.5, 0.6) is 0 Å². The fourth-order valence-corrected chi connectivity index (χ4v) is 2.48. The minimum atomic E-state index is 0.392. The van der Waals surface area contributed by atoms with Gasteiger partial charge in [0.05, 0.1) is 11.7 Å². The molecule has 0 amide bonds. The molecule has 4 heteroatoms. The summed E-state index contributed by atoms with van der Waals surface area (Å²) in [6.07, 6.45) is 7.37. The number of hydrogen-bond donors (Lipinski definition) is 1. The first-order valence-corrected chi connectivity index (χ1v) is 5.98. The van der Waals surface area contributed by atoms with E-state index in [1.807, 2.05) is 11.6 Å². The van der Waals surface area contributed by atoms with Gasteiger partial charge in [0, 0.05) is 0 Å². The van der Waals surface area contributed by atoms with Crippen LogP contribution in [-0.4, -0.2) is 9.78 Å². The number of nitriles is 1. The monoisotopic (exact) mass is 218 g/mol. The van der Waals surface area contributed by atoms with Crippen molar-refractivity contribution in [3.63, 3.8) is 0 Å². The molecule has 0 saturated heterocycles. The zero-order valence-corrected chi connectivity index (χ0v) is 9.74. The Bertz CT molecular complexity index is 405. The summed E-state index contributed by atoms with van der Waals surface area (Å²) in [4.78, 5) is 0. The van der Waals surface area contributed by atoms with E-state index in [-0.39, 0.29) is 0 Å². The molecule has 1 aromatic rings. The first-order chi connectivity index (χ1) is 7.74. The van der Waals surface area contributed by atoms with Crippen LogP contribution in [0.3, 0.4) is 0 Å². The number of nitrogen functional groups attached to an aromatic ring is 1. The third-order valence-electron chi connectivity index (χ3n) is 3.40. The summed E-state index contributed by atoms with van der Waals surface area (Å²) >= 11 is 0. The van der Waals surface area contributed by atoms with Gasteiger partial charge in [-0.15, -0.1) is 0 Å². The highest BCUT2D eigenvalue weighted by atomic mass is 15.3. The molecule has 0 aliphatic heterocycles. The highest BCUT2D eigenvalue weighted by molar-refractivity contribution is 5.51. The molecule has 86 valence electrons. The number of anilines is 1. The van der Waals surface area contributed by atoms with Crippen molar-refractivity contribution in [2.75, 3.05) is 5.73 Å². The molecule has 1 aliphatic rings. The van der Waals surface area contributed by atoms with Gasteiger partial charge in [-0.1, -0.05) is 25.7 Å². The average molecular weight is 218 g/mol. The van der Waals surface area contributed by atoms with Gasteiger partial charge >= 0.3 is 0 Å². The number of hydrogen-bond acceptors (Lipinski definition) is 3. The number of nitrogens with two attached hydrogens (primary N) is 1. The fourth-order valence-electron chi connectivity index (χ4n) is 2.48. The van der Waals surface area contributed by atoms with Crippen molar-refractivity contribution in [1.29, 1.82) is 5.26 Å². The van der Waals surface area contributed by atoms with E-state index in [4.69, 9.17) is 11.0 Å². The molecule has 1 fully saturated rings. The Labute approximate surface area is 96.0 Å². The molecule has 0 aromatic carbocycles. The third kappa shape index (κ3) is 1.90. The minimum Gasteiger partial charge on any atom is -0.383 e. The third-order valence-corrected chi connectivity index (χ3v) is 3.40. The molecule has 1 heterocycles. The van der Waals surface area contributed by atoms with Crippen LogP contribution in [-0.2, 0) is 0 Å². The van der Waals surface area contributed by atoms with Crippen LogP contribution >= 0.6 is 0 Å². The van der Waals surface area contributed by atoms with Crippen LogP contribution in [0, 0.1) is 18.3 Å². The number of nitrogens with zero attached hydrogens (tertiary/aromatic N) is 3. The summed E-state index contributed by atoms with van der Waals surface area (Å²) in [6, 6.07) is 2.52. The van der Waals surface area contributed by atoms with Gasteiger partial charge in [-0.05, 0) is 19.8 Å². The molecule has 0 unspecified atom stereocenters. The smallest absolute Gasteiger partial charge is 0.140 e. The largest absolute Gasteiger partial charge is 0.383 e. The van der Waals surface area contributed by atoms with Crippen molar-refractivity contribution >= 4 is 5.82 Å². The first-order valence-electron chi connectivity index (χ1n) is 5.98. The maximum Gasteiger partial charge on any atom is 0.140 e. The van der Waals surface area contributed by atoms with Gasteiger partial charge in [0.15, 0.2) is 0 Å². The van der Waals surface area contributed by atoms with Crippen molar-refractivity contribution < 1.29 is 0 Å². The molecular weight excluding hydrogens is 200 g/mol. The second-order valence-electron chi connectivity index (χ2n) is 4.55. The Kier molecular flexibility index (Phi) is 3.14. The topological polar surface area (TPSA) is 67.6 Å². The Balaban J connectivity index is 2.29. The molecule has 2 rings (SSSR count). The Morgan fingerprint density at radius 1 is 1.31 bits per heavy atom. The Morgan fingerprint density at radius 2 is 1.94 bits per heavy atom. The summed E-state index contributed by atoms with van der Waals surface area (Å²) in [5, 5.41) is 13.4. The molecule has 4 nitrogen and oxygen atoms in total. The lowest BCUT2D eigenvalue weighted by Gasteiger charge is -2.16. The molecule has 2 N–H and O–H groups in total. The zero-order chi connectivity index (χ0) is 11.5. The van der Waals surface area contributed by atoms with Crippen LogP contribution in [0.15, 0.2) is 0 Å².